The van der Waals surface area contributed by atoms with Crippen molar-refractivity contribution in [3.63, 3.8) is 0 Å². The number of nitrogens with one attached hydrogen (secondary N) is 1. The first-order chi connectivity index (χ1) is 11.7. The second kappa shape index (κ2) is 7.19. The molecule has 5 nitrogen and oxygen atoms in total. The lowest BCUT2D eigenvalue weighted by molar-refractivity contribution is 0.0948. The van der Waals surface area contributed by atoms with Gasteiger partial charge in [-0.2, -0.15) is 0 Å². The van der Waals surface area contributed by atoms with E-state index in [2.05, 4.69) is 10.3 Å². The molecule has 1 amide bonds. The fourth-order valence-electron chi connectivity index (χ4n) is 2.23. The standard InChI is InChI=1S/C18H15ClN2O3/c1-23-16-7-5-13(19)9-14(16)18(22)21-11-12-4-6-15(20-10-12)17-3-2-8-24-17/h2-10H,11H2,1H3,(H,21,22). The molecule has 0 radical (unpaired) electrons. The van der Waals surface area contributed by atoms with Crippen LogP contribution in [0.25, 0.3) is 11.5 Å². The molecule has 122 valence electrons. The van der Waals surface area contributed by atoms with Crippen LogP contribution in [0, 0.1) is 0 Å². The zero-order valence-corrected chi connectivity index (χ0v) is 13.7. The molecule has 0 aliphatic rings. The summed E-state index contributed by atoms with van der Waals surface area (Å²) < 4.78 is 10.5. The number of halogens is 1. The molecule has 3 rings (SSSR count). The second-order valence-electron chi connectivity index (χ2n) is 5.06. The van der Waals surface area contributed by atoms with Gasteiger partial charge >= 0.3 is 0 Å². The lowest BCUT2D eigenvalue weighted by atomic mass is 10.1. The topological polar surface area (TPSA) is 64.4 Å². The smallest absolute Gasteiger partial charge is 0.255 e. The first-order valence-corrected chi connectivity index (χ1v) is 7.65. The van der Waals surface area contributed by atoms with E-state index in [9.17, 15) is 4.79 Å². The van der Waals surface area contributed by atoms with Crippen LogP contribution in [0.15, 0.2) is 59.3 Å². The van der Waals surface area contributed by atoms with Gasteiger partial charge in [-0.25, -0.2) is 0 Å². The highest BCUT2D eigenvalue weighted by atomic mass is 35.5. The summed E-state index contributed by atoms with van der Waals surface area (Å²) in [4.78, 5) is 16.6. The SMILES string of the molecule is COc1ccc(Cl)cc1C(=O)NCc1ccc(-c2ccco2)nc1. The summed E-state index contributed by atoms with van der Waals surface area (Å²) in [5.74, 6) is 0.918. The Hall–Kier alpha value is -2.79. The van der Waals surface area contributed by atoms with Crippen LogP contribution in [0.2, 0.25) is 5.02 Å². The van der Waals surface area contributed by atoms with Gasteiger partial charge in [0.2, 0.25) is 0 Å². The number of carbonyl (C=O) groups is 1. The van der Waals surface area contributed by atoms with E-state index >= 15 is 0 Å². The Bertz CT molecular complexity index is 830. The molecule has 0 bridgehead atoms. The predicted octanol–water partition coefficient (Wildman–Crippen LogP) is 3.93. The Balaban J connectivity index is 1.67. The van der Waals surface area contributed by atoms with Crippen LogP contribution in [-0.4, -0.2) is 18.0 Å². The maximum absolute atomic E-state index is 12.3. The fraction of sp³-hybridized carbons (Fsp3) is 0.111. The summed E-state index contributed by atoms with van der Waals surface area (Å²) >= 11 is 5.95. The second-order valence-corrected chi connectivity index (χ2v) is 5.49. The van der Waals surface area contributed by atoms with Gasteiger partial charge in [0.25, 0.3) is 5.91 Å². The molecular formula is C18H15ClN2O3. The van der Waals surface area contributed by atoms with E-state index in [1.54, 1.807) is 30.7 Å². The first-order valence-electron chi connectivity index (χ1n) is 7.28. The van der Waals surface area contributed by atoms with Crippen LogP contribution in [0.1, 0.15) is 15.9 Å². The molecule has 3 aromatic rings. The lowest BCUT2D eigenvalue weighted by Gasteiger charge is -2.10. The van der Waals surface area contributed by atoms with E-state index in [0.717, 1.165) is 11.3 Å². The molecule has 0 spiro atoms. The summed E-state index contributed by atoms with van der Waals surface area (Å²) in [6.07, 6.45) is 3.30. The number of ether oxygens (including phenoxy) is 1. The lowest BCUT2D eigenvalue weighted by Crippen LogP contribution is -2.23. The third-order valence-corrected chi connectivity index (χ3v) is 3.69. The molecule has 2 aromatic heterocycles. The number of rotatable bonds is 5. The van der Waals surface area contributed by atoms with Gasteiger partial charge in [-0.3, -0.25) is 9.78 Å². The average molecular weight is 343 g/mol. The third kappa shape index (κ3) is 3.58. The molecule has 0 saturated heterocycles. The van der Waals surface area contributed by atoms with Crippen LogP contribution in [-0.2, 0) is 6.54 Å². The van der Waals surface area contributed by atoms with Crippen LogP contribution in [0.5, 0.6) is 5.75 Å². The van der Waals surface area contributed by atoms with E-state index in [0.29, 0.717) is 28.6 Å². The molecule has 0 atom stereocenters. The Labute approximate surface area is 144 Å². The van der Waals surface area contributed by atoms with Crippen molar-refractivity contribution in [3.8, 4) is 17.2 Å². The number of furan rings is 1. The van der Waals surface area contributed by atoms with E-state index in [1.165, 1.54) is 7.11 Å². The Morgan fingerprint density at radius 3 is 2.83 bits per heavy atom. The number of aromatic nitrogens is 1. The van der Waals surface area contributed by atoms with Gasteiger partial charge < -0.3 is 14.5 Å². The van der Waals surface area contributed by atoms with Crippen LogP contribution < -0.4 is 10.1 Å². The number of hydrogen-bond donors (Lipinski definition) is 1. The van der Waals surface area contributed by atoms with Gasteiger partial charge in [0.05, 0.1) is 18.9 Å². The number of methoxy groups -OCH3 is 1. The van der Waals surface area contributed by atoms with Crippen molar-refractivity contribution in [1.29, 1.82) is 0 Å². The summed E-state index contributed by atoms with van der Waals surface area (Å²) in [5.41, 5.74) is 2.01. The number of carbonyl (C=O) groups excluding carboxylic acids is 1. The molecule has 24 heavy (non-hydrogen) atoms. The molecule has 1 N–H and O–H groups in total. The van der Waals surface area contributed by atoms with E-state index in [4.69, 9.17) is 20.8 Å². The molecule has 0 fully saturated rings. The van der Waals surface area contributed by atoms with Crippen molar-refractivity contribution in [2.45, 2.75) is 6.54 Å². The van der Waals surface area contributed by atoms with Crippen molar-refractivity contribution in [2.75, 3.05) is 7.11 Å². The van der Waals surface area contributed by atoms with Gasteiger partial charge in [0.1, 0.15) is 11.4 Å². The van der Waals surface area contributed by atoms with Crippen molar-refractivity contribution in [3.05, 3.63) is 71.1 Å². The van der Waals surface area contributed by atoms with Crippen LogP contribution in [0.3, 0.4) is 0 Å². The average Bonchev–Trinajstić information content (AvgIpc) is 3.14. The number of nitrogens with zero attached hydrogens (tertiary/aromatic N) is 1. The van der Waals surface area contributed by atoms with Gasteiger partial charge in [-0.15, -0.1) is 0 Å². The molecule has 6 heteroatoms. The first kappa shape index (κ1) is 16.1. The normalized spacial score (nSPS) is 10.4. The Morgan fingerprint density at radius 2 is 2.17 bits per heavy atom. The Kier molecular flexibility index (Phi) is 4.82. The maximum atomic E-state index is 12.3. The van der Waals surface area contributed by atoms with Crippen molar-refractivity contribution >= 4 is 17.5 Å². The highest BCUT2D eigenvalue weighted by Gasteiger charge is 2.12. The van der Waals surface area contributed by atoms with Gasteiger partial charge in [0.15, 0.2) is 5.76 Å². The molecule has 0 saturated carbocycles. The van der Waals surface area contributed by atoms with Gasteiger partial charge in [0, 0.05) is 17.8 Å². The molecule has 1 aromatic carbocycles. The zero-order chi connectivity index (χ0) is 16.9. The predicted molar refractivity (Wildman–Crippen MR) is 91.1 cm³/mol. The maximum Gasteiger partial charge on any atom is 0.255 e. The van der Waals surface area contributed by atoms with Crippen LogP contribution in [0.4, 0.5) is 0 Å². The third-order valence-electron chi connectivity index (χ3n) is 3.46. The fourth-order valence-corrected chi connectivity index (χ4v) is 2.41. The number of amides is 1. The molecule has 0 unspecified atom stereocenters. The van der Waals surface area contributed by atoms with Crippen LogP contribution >= 0.6 is 11.6 Å². The molecule has 0 aliphatic heterocycles. The molecule has 2 heterocycles. The quantitative estimate of drug-likeness (QED) is 0.763. The summed E-state index contributed by atoms with van der Waals surface area (Å²) in [7, 11) is 1.51. The highest BCUT2D eigenvalue weighted by molar-refractivity contribution is 6.31. The zero-order valence-electron chi connectivity index (χ0n) is 13.0. The van der Waals surface area contributed by atoms with Crippen molar-refractivity contribution < 1.29 is 13.9 Å². The molecular weight excluding hydrogens is 328 g/mol. The van der Waals surface area contributed by atoms with E-state index in [1.807, 2.05) is 24.3 Å². The van der Waals surface area contributed by atoms with Gasteiger partial charge in [-0.1, -0.05) is 17.7 Å². The van der Waals surface area contributed by atoms with Crippen molar-refractivity contribution in [1.82, 2.24) is 10.3 Å². The minimum Gasteiger partial charge on any atom is -0.496 e. The number of hydrogen-bond acceptors (Lipinski definition) is 4. The highest BCUT2D eigenvalue weighted by Crippen LogP contribution is 2.22. The molecule has 0 aliphatic carbocycles. The number of benzene rings is 1. The summed E-state index contributed by atoms with van der Waals surface area (Å²) in [6.45, 7) is 0.347. The van der Waals surface area contributed by atoms with E-state index < -0.39 is 0 Å². The van der Waals surface area contributed by atoms with Gasteiger partial charge in [-0.05, 0) is 42.0 Å². The largest absolute Gasteiger partial charge is 0.496 e. The summed E-state index contributed by atoms with van der Waals surface area (Å²) in [5, 5.41) is 3.31. The summed E-state index contributed by atoms with van der Waals surface area (Å²) in [6, 6.07) is 12.3. The number of pyridine rings is 1. The van der Waals surface area contributed by atoms with Crippen molar-refractivity contribution in [2.24, 2.45) is 0 Å². The minimum absolute atomic E-state index is 0.260. The van der Waals surface area contributed by atoms with E-state index in [-0.39, 0.29) is 5.91 Å². The monoisotopic (exact) mass is 342 g/mol. The Morgan fingerprint density at radius 1 is 1.29 bits per heavy atom. The minimum atomic E-state index is -0.260.